The molecule has 1 aromatic rings. The topological polar surface area (TPSA) is 35.6 Å². The Morgan fingerprint density at radius 1 is 1.24 bits per heavy atom. The Hall–Kier alpha value is -1.55. The summed E-state index contributed by atoms with van der Waals surface area (Å²) in [7, 11) is 0. The summed E-state index contributed by atoms with van der Waals surface area (Å²) in [5.41, 5.74) is 2.60. The predicted octanol–water partition coefficient (Wildman–Crippen LogP) is 1.64. The molecule has 2 aliphatic rings. The van der Waals surface area contributed by atoms with Crippen LogP contribution in [0.2, 0.25) is 0 Å². The number of carbonyl (C=O) groups is 1. The van der Waals surface area contributed by atoms with Crippen LogP contribution in [0.3, 0.4) is 0 Å². The highest BCUT2D eigenvalue weighted by Crippen LogP contribution is 2.27. The molecule has 2 fully saturated rings. The second-order valence-corrected chi connectivity index (χ2v) is 6.35. The number of rotatable bonds is 5. The highest BCUT2D eigenvalue weighted by Gasteiger charge is 2.23. The number of benzene rings is 1. The van der Waals surface area contributed by atoms with Gasteiger partial charge in [-0.3, -0.25) is 9.69 Å². The fraction of sp³-hybridized carbons (Fsp3) is 0.588. The van der Waals surface area contributed by atoms with E-state index in [1.807, 2.05) is 0 Å². The van der Waals surface area contributed by atoms with E-state index in [0.717, 1.165) is 38.6 Å². The van der Waals surface area contributed by atoms with Crippen molar-refractivity contribution in [2.45, 2.75) is 19.8 Å². The number of carbonyl (C=O) groups excluding carboxylic acids is 1. The van der Waals surface area contributed by atoms with Gasteiger partial charge in [-0.05, 0) is 43.4 Å². The molecule has 1 aliphatic carbocycles. The highest BCUT2D eigenvalue weighted by atomic mass is 16.2. The molecule has 1 amide bonds. The number of nitrogens with zero attached hydrogens (tertiary/aromatic N) is 2. The van der Waals surface area contributed by atoms with E-state index in [1.54, 1.807) is 0 Å². The van der Waals surface area contributed by atoms with Gasteiger partial charge in [0, 0.05) is 38.4 Å². The van der Waals surface area contributed by atoms with Crippen molar-refractivity contribution in [1.82, 2.24) is 10.2 Å². The minimum absolute atomic E-state index is 0.186. The molecule has 1 heterocycles. The second kappa shape index (κ2) is 6.48. The lowest BCUT2D eigenvalue weighted by molar-refractivity contribution is -0.122. The third-order valence-electron chi connectivity index (χ3n) is 4.39. The molecular weight excluding hydrogens is 262 g/mol. The fourth-order valence-corrected chi connectivity index (χ4v) is 2.83. The summed E-state index contributed by atoms with van der Waals surface area (Å²) in [6.07, 6.45) is 2.57. The van der Waals surface area contributed by atoms with Crippen molar-refractivity contribution in [2.75, 3.05) is 44.2 Å². The van der Waals surface area contributed by atoms with Crippen LogP contribution >= 0.6 is 0 Å². The lowest BCUT2D eigenvalue weighted by Gasteiger charge is -2.35. The van der Waals surface area contributed by atoms with Gasteiger partial charge < -0.3 is 10.2 Å². The van der Waals surface area contributed by atoms with E-state index in [9.17, 15) is 4.79 Å². The van der Waals surface area contributed by atoms with E-state index >= 15 is 0 Å². The SMILES string of the molecule is Cc1cccc(N2CCN(CC(=O)NCC3CC3)CC2)c1. The predicted molar refractivity (Wildman–Crippen MR) is 85.6 cm³/mol. The first-order valence-corrected chi connectivity index (χ1v) is 8.01. The van der Waals surface area contributed by atoms with Crippen molar-refractivity contribution < 1.29 is 4.79 Å². The Morgan fingerprint density at radius 3 is 2.67 bits per heavy atom. The molecule has 1 aliphatic heterocycles. The second-order valence-electron chi connectivity index (χ2n) is 6.35. The molecule has 0 unspecified atom stereocenters. The van der Waals surface area contributed by atoms with Gasteiger partial charge in [0.2, 0.25) is 5.91 Å². The minimum atomic E-state index is 0.186. The number of hydrogen-bond acceptors (Lipinski definition) is 3. The third-order valence-corrected chi connectivity index (χ3v) is 4.39. The molecule has 1 saturated heterocycles. The Bertz CT molecular complexity index is 491. The first-order valence-electron chi connectivity index (χ1n) is 8.01. The van der Waals surface area contributed by atoms with Crippen LogP contribution in [0.5, 0.6) is 0 Å². The summed E-state index contributed by atoms with van der Waals surface area (Å²) >= 11 is 0. The van der Waals surface area contributed by atoms with E-state index in [2.05, 4.69) is 46.3 Å². The monoisotopic (exact) mass is 287 g/mol. The van der Waals surface area contributed by atoms with Crippen LogP contribution < -0.4 is 10.2 Å². The molecule has 0 aromatic heterocycles. The summed E-state index contributed by atoms with van der Waals surface area (Å²) in [6.45, 7) is 7.48. The quantitative estimate of drug-likeness (QED) is 0.894. The smallest absolute Gasteiger partial charge is 0.234 e. The van der Waals surface area contributed by atoms with Gasteiger partial charge in [-0.2, -0.15) is 0 Å². The maximum absolute atomic E-state index is 11.9. The average molecular weight is 287 g/mol. The Morgan fingerprint density at radius 2 is 2.00 bits per heavy atom. The minimum Gasteiger partial charge on any atom is -0.369 e. The Labute approximate surface area is 127 Å². The summed E-state index contributed by atoms with van der Waals surface area (Å²) in [6, 6.07) is 8.65. The largest absolute Gasteiger partial charge is 0.369 e. The maximum Gasteiger partial charge on any atom is 0.234 e. The van der Waals surface area contributed by atoms with E-state index in [4.69, 9.17) is 0 Å². The van der Waals surface area contributed by atoms with Crippen molar-refractivity contribution in [1.29, 1.82) is 0 Å². The van der Waals surface area contributed by atoms with Gasteiger partial charge in [-0.25, -0.2) is 0 Å². The van der Waals surface area contributed by atoms with Crippen molar-refractivity contribution in [2.24, 2.45) is 5.92 Å². The number of hydrogen-bond donors (Lipinski definition) is 1. The molecule has 1 saturated carbocycles. The molecule has 4 heteroatoms. The Kier molecular flexibility index (Phi) is 4.44. The first kappa shape index (κ1) is 14.4. The lowest BCUT2D eigenvalue weighted by Crippen LogP contribution is -2.49. The number of piperazine rings is 1. The zero-order chi connectivity index (χ0) is 14.7. The molecule has 0 radical (unpaired) electrons. The van der Waals surface area contributed by atoms with Crippen LogP contribution in [0.15, 0.2) is 24.3 Å². The van der Waals surface area contributed by atoms with Gasteiger partial charge >= 0.3 is 0 Å². The van der Waals surface area contributed by atoms with E-state index < -0.39 is 0 Å². The van der Waals surface area contributed by atoms with Crippen molar-refractivity contribution >= 4 is 11.6 Å². The van der Waals surface area contributed by atoms with E-state index in [0.29, 0.717) is 6.54 Å². The fourth-order valence-electron chi connectivity index (χ4n) is 2.83. The summed E-state index contributed by atoms with van der Waals surface area (Å²) in [5.74, 6) is 0.943. The zero-order valence-electron chi connectivity index (χ0n) is 12.8. The molecule has 3 rings (SSSR count). The first-order chi connectivity index (χ1) is 10.2. The molecule has 1 aromatic carbocycles. The number of aryl methyl sites for hydroxylation is 1. The number of anilines is 1. The van der Waals surface area contributed by atoms with Crippen molar-refractivity contribution in [3.63, 3.8) is 0 Å². The maximum atomic E-state index is 11.9. The normalized spacial score (nSPS) is 19.6. The Balaban J connectivity index is 1.43. The van der Waals surface area contributed by atoms with Crippen LogP contribution in [0.25, 0.3) is 0 Å². The molecule has 0 atom stereocenters. The number of amides is 1. The highest BCUT2D eigenvalue weighted by molar-refractivity contribution is 5.78. The third kappa shape index (κ3) is 4.21. The average Bonchev–Trinajstić information content (AvgIpc) is 3.30. The van der Waals surface area contributed by atoms with E-state index in [1.165, 1.54) is 24.1 Å². The molecule has 114 valence electrons. The summed E-state index contributed by atoms with van der Waals surface area (Å²) in [5, 5.41) is 3.05. The summed E-state index contributed by atoms with van der Waals surface area (Å²) in [4.78, 5) is 16.5. The van der Waals surface area contributed by atoms with Crippen LogP contribution in [0.4, 0.5) is 5.69 Å². The molecular formula is C17H25N3O. The van der Waals surface area contributed by atoms with Gasteiger partial charge in [-0.1, -0.05) is 12.1 Å². The molecule has 1 N–H and O–H groups in total. The number of nitrogens with one attached hydrogen (secondary N) is 1. The molecule has 4 nitrogen and oxygen atoms in total. The summed E-state index contributed by atoms with van der Waals surface area (Å²) < 4.78 is 0. The van der Waals surface area contributed by atoms with Crippen LogP contribution in [0, 0.1) is 12.8 Å². The van der Waals surface area contributed by atoms with Crippen molar-refractivity contribution in [3.05, 3.63) is 29.8 Å². The molecule has 0 bridgehead atoms. The standard InChI is InChI=1S/C17H25N3O/c1-14-3-2-4-16(11-14)20-9-7-19(8-10-20)13-17(21)18-12-15-5-6-15/h2-4,11,15H,5-10,12-13H2,1H3,(H,18,21). The van der Waals surface area contributed by atoms with Crippen molar-refractivity contribution in [3.8, 4) is 0 Å². The zero-order valence-corrected chi connectivity index (χ0v) is 12.8. The van der Waals surface area contributed by atoms with Gasteiger partial charge in [0.25, 0.3) is 0 Å². The van der Waals surface area contributed by atoms with Crippen LogP contribution in [-0.2, 0) is 4.79 Å². The van der Waals surface area contributed by atoms with Gasteiger partial charge in [0.05, 0.1) is 6.54 Å². The van der Waals surface area contributed by atoms with Crippen LogP contribution in [-0.4, -0.2) is 50.1 Å². The molecule has 21 heavy (non-hydrogen) atoms. The van der Waals surface area contributed by atoms with Gasteiger partial charge in [0.15, 0.2) is 0 Å². The van der Waals surface area contributed by atoms with Gasteiger partial charge in [-0.15, -0.1) is 0 Å². The van der Waals surface area contributed by atoms with Gasteiger partial charge in [0.1, 0.15) is 0 Å². The van der Waals surface area contributed by atoms with E-state index in [-0.39, 0.29) is 5.91 Å². The lowest BCUT2D eigenvalue weighted by atomic mass is 10.2. The molecule has 0 spiro atoms. The van der Waals surface area contributed by atoms with Crippen LogP contribution in [0.1, 0.15) is 18.4 Å².